The van der Waals surface area contributed by atoms with Crippen molar-refractivity contribution in [3.63, 3.8) is 0 Å². The fraction of sp³-hybridized carbons (Fsp3) is 0.769. The van der Waals surface area contributed by atoms with E-state index in [4.69, 9.17) is 11.6 Å². The van der Waals surface area contributed by atoms with Crippen LogP contribution in [0.4, 0.5) is 0 Å². The molecule has 1 aromatic heterocycles. The molecule has 2 heterocycles. The quantitative estimate of drug-likeness (QED) is 0.900. The van der Waals surface area contributed by atoms with Crippen molar-refractivity contribution in [3.05, 3.63) is 16.4 Å². The molecule has 96 valence electrons. The maximum atomic E-state index is 6.29. The minimum atomic E-state index is 0.556. The molecular formula is C13H22ClN3. The Hall–Kier alpha value is -0.540. The molecule has 1 aliphatic rings. The third-order valence-corrected chi connectivity index (χ3v) is 4.37. The van der Waals surface area contributed by atoms with E-state index < -0.39 is 0 Å². The normalized spacial score (nSPS) is 25.2. The zero-order chi connectivity index (χ0) is 12.4. The number of halogens is 1. The summed E-state index contributed by atoms with van der Waals surface area (Å²) in [5.74, 6) is 0.870. The van der Waals surface area contributed by atoms with Crippen LogP contribution in [0.2, 0.25) is 5.02 Å². The molecule has 2 unspecified atom stereocenters. The Morgan fingerprint density at radius 2 is 2.29 bits per heavy atom. The van der Waals surface area contributed by atoms with Gasteiger partial charge in [-0.2, -0.15) is 5.10 Å². The van der Waals surface area contributed by atoms with Gasteiger partial charge in [-0.1, -0.05) is 24.9 Å². The van der Waals surface area contributed by atoms with Gasteiger partial charge in [-0.05, 0) is 32.2 Å². The molecule has 0 bridgehead atoms. The highest BCUT2D eigenvalue weighted by Crippen LogP contribution is 2.25. The van der Waals surface area contributed by atoms with E-state index in [1.54, 1.807) is 0 Å². The fourth-order valence-electron chi connectivity index (χ4n) is 2.76. The van der Waals surface area contributed by atoms with Gasteiger partial charge in [0.2, 0.25) is 0 Å². The van der Waals surface area contributed by atoms with Gasteiger partial charge in [-0.3, -0.25) is 4.68 Å². The molecule has 1 N–H and O–H groups in total. The summed E-state index contributed by atoms with van der Waals surface area (Å²) >= 11 is 6.29. The summed E-state index contributed by atoms with van der Waals surface area (Å²) in [6.07, 6.45) is 4.85. The van der Waals surface area contributed by atoms with Crippen molar-refractivity contribution >= 4 is 11.6 Å². The first kappa shape index (κ1) is 12.9. The molecule has 1 aromatic rings. The lowest BCUT2D eigenvalue weighted by molar-refractivity contribution is 0.291. The molecule has 1 saturated heterocycles. The van der Waals surface area contributed by atoms with Gasteiger partial charge >= 0.3 is 0 Å². The van der Waals surface area contributed by atoms with Crippen molar-refractivity contribution < 1.29 is 0 Å². The van der Waals surface area contributed by atoms with Crippen LogP contribution in [0.1, 0.15) is 37.6 Å². The Bertz CT molecular complexity index is 386. The topological polar surface area (TPSA) is 29.9 Å². The molecule has 0 spiro atoms. The first-order chi connectivity index (χ1) is 8.11. The number of piperidine rings is 1. The average Bonchev–Trinajstić information content (AvgIpc) is 2.56. The molecule has 2 rings (SSSR count). The summed E-state index contributed by atoms with van der Waals surface area (Å²) in [7, 11) is 1.98. The van der Waals surface area contributed by atoms with Crippen molar-refractivity contribution in [2.24, 2.45) is 13.0 Å². The largest absolute Gasteiger partial charge is 0.314 e. The van der Waals surface area contributed by atoms with Crippen LogP contribution in [-0.2, 0) is 13.5 Å². The lowest BCUT2D eigenvalue weighted by Gasteiger charge is -2.29. The Labute approximate surface area is 109 Å². The van der Waals surface area contributed by atoms with Crippen molar-refractivity contribution in [1.29, 1.82) is 0 Å². The number of aryl methyl sites for hydroxylation is 2. The Kier molecular flexibility index (Phi) is 4.10. The summed E-state index contributed by atoms with van der Waals surface area (Å²) in [6, 6.07) is 0.556. The molecule has 0 saturated carbocycles. The summed E-state index contributed by atoms with van der Waals surface area (Å²) in [6.45, 7) is 5.39. The number of hydrogen-bond donors (Lipinski definition) is 1. The molecule has 3 nitrogen and oxygen atoms in total. The van der Waals surface area contributed by atoms with Crippen LogP contribution >= 0.6 is 11.6 Å². The molecular weight excluding hydrogens is 234 g/mol. The highest BCUT2D eigenvalue weighted by molar-refractivity contribution is 6.31. The second kappa shape index (κ2) is 5.40. The van der Waals surface area contributed by atoms with Crippen LogP contribution in [0, 0.1) is 12.8 Å². The van der Waals surface area contributed by atoms with Crippen molar-refractivity contribution in [2.45, 2.75) is 45.6 Å². The highest BCUT2D eigenvalue weighted by Gasteiger charge is 2.23. The zero-order valence-electron chi connectivity index (χ0n) is 11.0. The van der Waals surface area contributed by atoms with Gasteiger partial charge in [0, 0.05) is 19.5 Å². The van der Waals surface area contributed by atoms with E-state index in [0.29, 0.717) is 6.04 Å². The monoisotopic (exact) mass is 255 g/mol. The molecule has 0 radical (unpaired) electrons. The predicted molar refractivity (Wildman–Crippen MR) is 71.5 cm³/mol. The molecule has 1 fully saturated rings. The first-order valence-corrected chi connectivity index (χ1v) is 6.91. The van der Waals surface area contributed by atoms with E-state index in [2.05, 4.69) is 17.3 Å². The van der Waals surface area contributed by atoms with Gasteiger partial charge in [0.05, 0.1) is 16.4 Å². The minimum absolute atomic E-state index is 0.556. The van der Waals surface area contributed by atoms with Gasteiger partial charge in [-0.25, -0.2) is 0 Å². The molecule has 17 heavy (non-hydrogen) atoms. The van der Waals surface area contributed by atoms with E-state index in [1.165, 1.54) is 25.0 Å². The SMILES string of the molecule is CCC1CCNC(Cc2c(Cl)c(C)nn2C)C1. The molecule has 0 aliphatic carbocycles. The number of aromatic nitrogens is 2. The maximum Gasteiger partial charge on any atom is 0.0847 e. The van der Waals surface area contributed by atoms with E-state index >= 15 is 0 Å². The number of nitrogens with one attached hydrogen (secondary N) is 1. The number of rotatable bonds is 3. The summed E-state index contributed by atoms with van der Waals surface area (Å²) in [5.41, 5.74) is 2.10. The summed E-state index contributed by atoms with van der Waals surface area (Å²) < 4.78 is 1.93. The van der Waals surface area contributed by atoms with Crippen molar-refractivity contribution in [1.82, 2.24) is 15.1 Å². The van der Waals surface area contributed by atoms with Crippen LogP contribution in [-0.4, -0.2) is 22.4 Å². The Morgan fingerprint density at radius 1 is 1.53 bits per heavy atom. The van der Waals surface area contributed by atoms with E-state index in [0.717, 1.165) is 29.6 Å². The summed E-state index contributed by atoms with van der Waals surface area (Å²) in [5, 5.41) is 8.81. The van der Waals surface area contributed by atoms with Gasteiger partial charge in [0.25, 0.3) is 0 Å². The lowest BCUT2D eigenvalue weighted by Crippen LogP contribution is -2.39. The third-order valence-electron chi connectivity index (χ3n) is 3.88. The van der Waals surface area contributed by atoms with Crippen LogP contribution in [0.5, 0.6) is 0 Å². The molecule has 0 aromatic carbocycles. The van der Waals surface area contributed by atoms with Crippen LogP contribution in [0.25, 0.3) is 0 Å². The van der Waals surface area contributed by atoms with Gasteiger partial charge in [0.1, 0.15) is 0 Å². The van der Waals surface area contributed by atoms with Gasteiger partial charge in [-0.15, -0.1) is 0 Å². The predicted octanol–water partition coefficient (Wildman–Crippen LogP) is 2.70. The zero-order valence-corrected chi connectivity index (χ0v) is 11.7. The average molecular weight is 256 g/mol. The van der Waals surface area contributed by atoms with Gasteiger partial charge in [0.15, 0.2) is 0 Å². The minimum Gasteiger partial charge on any atom is -0.314 e. The first-order valence-electron chi connectivity index (χ1n) is 6.53. The van der Waals surface area contributed by atoms with Crippen molar-refractivity contribution in [3.8, 4) is 0 Å². The van der Waals surface area contributed by atoms with Crippen LogP contribution < -0.4 is 5.32 Å². The fourth-order valence-corrected chi connectivity index (χ4v) is 2.99. The standard InChI is InChI=1S/C13H22ClN3/c1-4-10-5-6-15-11(7-10)8-12-13(14)9(2)16-17(12)3/h10-11,15H,4-8H2,1-3H3. The second-order valence-electron chi connectivity index (χ2n) is 5.12. The van der Waals surface area contributed by atoms with Crippen LogP contribution in [0.15, 0.2) is 0 Å². The van der Waals surface area contributed by atoms with E-state index in [-0.39, 0.29) is 0 Å². The van der Waals surface area contributed by atoms with Crippen molar-refractivity contribution in [2.75, 3.05) is 6.54 Å². The van der Waals surface area contributed by atoms with E-state index in [1.807, 2.05) is 18.7 Å². The molecule has 2 atom stereocenters. The van der Waals surface area contributed by atoms with Crippen LogP contribution in [0.3, 0.4) is 0 Å². The third kappa shape index (κ3) is 2.83. The maximum absolute atomic E-state index is 6.29. The lowest BCUT2D eigenvalue weighted by atomic mass is 9.88. The van der Waals surface area contributed by atoms with E-state index in [9.17, 15) is 0 Å². The Morgan fingerprint density at radius 3 is 2.88 bits per heavy atom. The second-order valence-corrected chi connectivity index (χ2v) is 5.50. The van der Waals surface area contributed by atoms with Gasteiger partial charge < -0.3 is 5.32 Å². The molecule has 4 heteroatoms. The summed E-state index contributed by atoms with van der Waals surface area (Å²) in [4.78, 5) is 0. The molecule has 1 aliphatic heterocycles. The Balaban J connectivity index is 2.05. The number of nitrogens with zero attached hydrogens (tertiary/aromatic N) is 2. The highest BCUT2D eigenvalue weighted by atomic mass is 35.5. The smallest absolute Gasteiger partial charge is 0.0847 e. The molecule has 0 amide bonds. The number of hydrogen-bond acceptors (Lipinski definition) is 2.